The van der Waals surface area contributed by atoms with E-state index >= 15 is 0 Å². The van der Waals surface area contributed by atoms with E-state index in [2.05, 4.69) is 17.1 Å². The highest BCUT2D eigenvalue weighted by molar-refractivity contribution is 5.81. The molecule has 1 heterocycles. The Morgan fingerprint density at radius 3 is 2.83 bits per heavy atom. The first-order chi connectivity index (χ1) is 5.65. The van der Waals surface area contributed by atoms with E-state index < -0.39 is 5.97 Å². The molecule has 1 amide bonds. The van der Waals surface area contributed by atoms with Crippen LogP contribution in [-0.4, -0.2) is 16.9 Å². The first-order valence-electron chi connectivity index (χ1n) is 3.55. The normalized spacial score (nSPS) is 16.2. The summed E-state index contributed by atoms with van der Waals surface area (Å²) >= 11 is 0. The Kier molecular flexibility index (Phi) is 2.31. The molecule has 4 nitrogen and oxygen atoms in total. The summed E-state index contributed by atoms with van der Waals surface area (Å²) in [4.78, 5) is 26.2. The van der Waals surface area contributed by atoms with Crippen LogP contribution < -0.4 is 0 Å². The van der Waals surface area contributed by atoms with E-state index in [-0.39, 0.29) is 5.91 Å². The van der Waals surface area contributed by atoms with E-state index in [4.69, 9.17) is 0 Å². The number of hydrogen-bond donors (Lipinski definition) is 0. The summed E-state index contributed by atoms with van der Waals surface area (Å²) in [7, 11) is 0. The first kappa shape index (κ1) is 8.56. The molecule has 1 rings (SSSR count). The number of rotatable bonds is 1. The molecule has 0 aromatic carbocycles. The molecule has 0 saturated carbocycles. The second kappa shape index (κ2) is 3.24. The second-order valence-electron chi connectivity index (χ2n) is 2.39. The lowest BCUT2D eigenvalue weighted by Crippen LogP contribution is -2.25. The molecule has 64 valence electrons. The zero-order valence-corrected chi connectivity index (χ0v) is 6.79. The SMILES string of the molecule is C=C=C1CCC(=O)N1OC(C)=O. The van der Waals surface area contributed by atoms with Crippen molar-refractivity contribution in [3.05, 3.63) is 18.0 Å². The third-order valence-corrected chi connectivity index (χ3v) is 1.47. The van der Waals surface area contributed by atoms with Crippen molar-refractivity contribution < 1.29 is 14.4 Å². The summed E-state index contributed by atoms with van der Waals surface area (Å²) in [6.07, 6.45) is 0.890. The Morgan fingerprint density at radius 2 is 2.33 bits per heavy atom. The highest BCUT2D eigenvalue weighted by atomic mass is 16.7. The van der Waals surface area contributed by atoms with E-state index in [9.17, 15) is 9.59 Å². The van der Waals surface area contributed by atoms with Gasteiger partial charge in [-0.2, -0.15) is 0 Å². The number of amides is 1. The molecule has 0 radical (unpaired) electrons. The van der Waals surface area contributed by atoms with Crippen LogP contribution in [0.3, 0.4) is 0 Å². The molecule has 1 saturated heterocycles. The van der Waals surface area contributed by atoms with Crippen molar-refractivity contribution in [1.29, 1.82) is 0 Å². The van der Waals surface area contributed by atoms with E-state index in [0.717, 1.165) is 5.06 Å². The van der Waals surface area contributed by atoms with Gasteiger partial charge in [0.15, 0.2) is 0 Å². The average Bonchev–Trinajstić information content (AvgIpc) is 2.32. The average molecular weight is 167 g/mol. The molecule has 0 aromatic heterocycles. The fourth-order valence-electron chi connectivity index (χ4n) is 0.974. The Balaban J connectivity index is 2.78. The molecule has 0 aliphatic carbocycles. The van der Waals surface area contributed by atoms with Crippen LogP contribution in [0.25, 0.3) is 0 Å². The van der Waals surface area contributed by atoms with Gasteiger partial charge in [-0.3, -0.25) is 4.79 Å². The fourth-order valence-corrected chi connectivity index (χ4v) is 0.974. The van der Waals surface area contributed by atoms with Crippen molar-refractivity contribution in [2.24, 2.45) is 0 Å². The van der Waals surface area contributed by atoms with Crippen LogP contribution in [-0.2, 0) is 14.4 Å². The van der Waals surface area contributed by atoms with Crippen molar-refractivity contribution in [2.45, 2.75) is 19.8 Å². The van der Waals surface area contributed by atoms with E-state index in [1.165, 1.54) is 6.92 Å². The number of hydrogen-bond acceptors (Lipinski definition) is 3. The summed E-state index contributed by atoms with van der Waals surface area (Å²) in [5.41, 5.74) is 3.07. The minimum Gasteiger partial charge on any atom is -0.333 e. The quantitative estimate of drug-likeness (QED) is 0.541. The minimum absolute atomic E-state index is 0.226. The van der Waals surface area contributed by atoms with Crippen LogP contribution in [0.1, 0.15) is 19.8 Å². The van der Waals surface area contributed by atoms with Crippen molar-refractivity contribution >= 4 is 11.9 Å². The summed E-state index contributed by atoms with van der Waals surface area (Å²) in [6.45, 7) is 4.63. The van der Waals surface area contributed by atoms with Gasteiger partial charge < -0.3 is 4.84 Å². The maximum absolute atomic E-state index is 11.0. The number of allylic oxidation sites excluding steroid dienone is 1. The summed E-state index contributed by atoms with van der Waals surface area (Å²) < 4.78 is 0. The topological polar surface area (TPSA) is 46.6 Å². The summed E-state index contributed by atoms with van der Waals surface area (Å²) in [6, 6.07) is 0. The van der Waals surface area contributed by atoms with Crippen LogP contribution in [0.5, 0.6) is 0 Å². The molecule has 1 fully saturated rings. The van der Waals surface area contributed by atoms with Crippen LogP contribution in [0.15, 0.2) is 18.0 Å². The predicted molar refractivity (Wildman–Crippen MR) is 40.5 cm³/mol. The van der Waals surface area contributed by atoms with Gasteiger partial charge >= 0.3 is 5.97 Å². The lowest BCUT2D eigenvalue weighted by molar-refractivity contribution is -0.184. The lowest BCUT2D eigenvalue weighted by Gasteiger charge is -2.13. The predicted octanol–water partition coefficient (Wildman–Crippen LogP) is 0.756. The standard InChI is InChI=1S/C8H9NO3/c1-3-7-4-5-8(11)9(7)12-6(2)10/h1,4-5H2,2H3. The van der Waals surface area contributed by atoms with Crippen molar-refractivity contribution in [3.63, 3.8) is 0 Å². The molecule has 0 atom stereocenters. The molecular weight excluding hydrogens is 158 g/mol. The molecule has 0 spiro atoms. The molecule has 0 aromatic rings. The molecule has 12 heavy (non-hydrogen) atoms. The second-order valence-corrected chi connectivity index (χ2v) is 2.39. The summed E-state index contributed by atoms with van der Waals surface area (Å²) in [5.74, 6) is -0.741. The zero-order chi connectivity index (χ0) is 9.14. The van der Waals surface area contributed by atoms with Gasteiger partial charge in [0.05, 0.1) is 0 Å². The molecule has 0 N–H and O–H groups in total. The summed E-state index contributed by atoms with van der Waals surface area (Å²) in [5, 5.41) is 0.954. The van der Waals surface area contributed by atoms with Crippen LogP contribution in [0, 0.1) is 0 Å². The van der Waals surface area contributed by atoms with Gasteiger partial charge in [-0.1, -0.05) is 6.58 Å². The van der Waals surface area contributed by atoms with Crippen molar-refractivity contribution in [2.75, 3.05) is 0 Å². The van der Waals surface area contributed by atoms with Gasteiger partial charge in [-0.05, 0) is 0 Å². The van der Waals surface area contributed by atoms with Crippen molar-refractivity contribution in [1.82, 2.24) is 5.06 Å². The van der Waals surface area contributed by atoms with Crippen LogP contribution in [0.2, 0.25) is 0 Å². The van der Waals surface area contributed by atoms with Gasteiger partial charge in [-0.15, -0.1) is 10.8 Å². The van der Waals surface area contributed by atoms with Crippen molar-refractivity contribution in [3.8, 4) is 0 Å². The Labute approximate surface area is 70.1 Å². The third kappa shape index (κ3) is 1.54. The Hall–Kier alpha value is -1.54. The molecular formula is C8H9NO3. The number of nitrogens with zero attached hydrogens (tertiary/aromatic N) is 1. The van der Waals surface area contributed by atoms with E-state index in [1.54, 1.807) is 0 Å². The first-order valence-corrected chi connectivity index (χ1v) is 3.55. The number of carbonyl (C=O) groups is 2. The molecule has 1 aliphatic rings. The minimum atomic E-state index is -0.516. The smallest absolute Gasteiger partial charge is 0.330 e. The van der Waals surface area contributed by atoms with Gasteiger partial charge in [-0.25, -0.2) is 4.79 Å². The molecule has 1 aliphatic heterocycles. The van der Waals surface area contributed by atoms with Crippen LogP contribution >= 0.6 is 0 Å². The van der Waals surface area contributed by atoms with E-state index in [0.29, 0.717) is 18.5 Å². The molecule has 0 bridgehead atoms. The molecule has 4 heteroatoms. The Bertz CT molecular complexity index is 276. The number of hydroxylamine groups is 2. The van der Waals surface area contributed by atoms with Gasteiger partial charge in [0.2, 0.25) is 0 Å². The maximum atomic E-state index is 11.0. The van der Waals surface area contributed by atoms with Crippen LogP contribution in [0.4, 0.5) is 0 Å². The van der Waals surface area contributed by atoms with Gasteiger partial charge in [0, 0.05) is 19.8 Å². The monoisotopic (exact) mass is 167 g/mol. The highest BCUT2D eigenvalue weighted by Crippen LogP contribution is 2.21. The largest absolute Gasteiger partial charge is 0.333 e. The lowest BCUT2D eigenvalue weighted by atomic mass is 10.3. The molecule has 0 unspecified atom stereocenters. The maximum Gasteiger partial charge on any atom is 0.330 e. The third-order valence-electron chi connectivity index (χ3n) is 1.47. The Morgan fingerprint density at radius 1 is 1.67 bits per heavy atom. The number of carbonyl (C=O) groups excluding carboxylic acids is 2. The van der Waals surface area contributed by atoms with Gasteiger partial charge in [0.25, 0.3) is 5.91 Å². The highest BCUT2D eigenvalue weighted by Gasteiger charge is 2.28. The van der Waals surface area contributed by atoms with Gasteiger partial charge in [0.1, 0.15) is 5.70 Å². The van der Waals surface area contributed by atoms with E-state index in [1.807, 2.05) is 0 Å². The zero-order valence-electron chi connectivity index (χ0n) is 6.79. The fraction of sp³-hybridized carbons (Fsp3) is 0.375.